The third-order valence-electron chi connectivity index (χ3n) is 1.48. The minimum Gasteiger partial charge on any atom is -1.00 e. The summed E-state index contributed by atoms with van der Waals surface area (Å²) in [6.45, 7) is 0. The van der Waals surface area contributed by atoms with Crippen molar-refractivity contribution < 1.29 is 67.4 Å². The van der Waals surface area contributed by atoms with Crippen LogP contribution in [0.25, 0.3) is 0 Å². The van der Waals surface area contributed by atoms with Gasteiger partial charge in [0.05, 0.1) is 17.2 Å². The molecule has 1 aromatic carbocycles. The average Bonchev–Trinajstić information content (AvgIpc) is 2.07. The second-order valence-electron chi connectivity index (χ2n) is 2.24. The number of hydrogen-bond donors (Lipinski definition) is 1. The number of carboxylic acids is 1. The maximum Gasteiger partial charge on any atom is 1.00 e. The van der Waals surface area contributed by atoms with Gasteiger partial charge in [0, 0.05) is 0 Å². The van der Waals surface area contributed by atoms with E-state index in [1.807, 2.05) is 0 Å². The van der Waals surface area contributed by atoms with Crippen molar-refractivity contribution in [1.82, 2.24) is 0 Å². The summed E-state index contributed by atoms with van der Waals surface area (Å²) in [5.41, 5.74) is -0.114. The smallest absolute Gasteiger partial charge is 1.00 e. The van der Waals surface area contributed by atoms with E-state index >= 15 is 0 Å². The Kier molecular flexibility index (Phi) is 6.64. The minimum absolute atomic E-state index is 0. The maximum atomic E-state index is 10.7. The molecule has 1 N–H and O–H groups in total. The predicted octanol–water partition coefficient (Wildman–Crippen LogP) is -0.183. The number of aromatic carboxylic acids is 1. The molecule has 3 nitrogen and oxygen atoms in total. The number of halogens is 2. The quantitative estimate of drug-likeness (QED) is 0.751. The summed E-state index contributed by atoms with van der Waals surface area (Å²) in [5.74, 6) is -1.08. The van der Waals surface area contributed by atoms with E-state index in [9.17, 15) is 4.79 Å². The number of ether oxygens (including phenoxy) is 1. The van der Waals surface area contributed by atoms with Crippen molar-refractivity contribution in [2.24, 2.45) is 0 Å². The monoisotopic (exact) mass is 260 g/mol. The van der Waals surface area contributed by atoms with Gasteiger partial charge in [-0.05, 0) is 12.1 Å². The Morgan fingerprint density at radius 3 is 2.29 bits per heavy atom. The summed E-state index contributed by atoms with van der Waals surface area (Å²) in [6, 6.07) is 2.89. The third kappa shape index (κ3) is 3.10. The number of rotatable bonds is 2. The first kappa shape index (κ1) is 14.7. The summed E-state index contributed by atoms with van der Waals surface area (Å²) in [7, 11) is 1.34. The first-order valence-corrected chi connectivity index (χ1v) is 4.08. The van der Waals surface area contributed by atoms with Gasteiger partial charge in [0.2, 0.25) is 0 Å². The van der Waals surface area contributed by atoms with Gasteiger partial charge in [-0.15, -0.1) is 0 Å². The van der Waals surface area contributed by atoms with Crippen LogP contribution in [0.15, 0.2) is 12.1 Å². The van der Waals surface area contributed by atoms with Crippen molar-refractivity contribution >= 4 is 29.2 Å². The van der Waals surface area contributed by atoms with Gasteiger partial charge in [-0.1, -0.05) is 23.2 Å². The summed E-state index contributed by atoms with van der Waals surface area (Å²) < 4.78 is 4.82. The largest absolute Gasteiger partial charge is 1.00 e. The second-order valence-corrected chi connectivity index (χ2v) is 3.06. The van der Waals surface area contributed by atoms with E-state index in [2.05, 4.69) is 0 Å². The summed E-state index contributed by atoms with van der Waals surface area (Å²) in [5, 5.41) is 9.11. The second kappa shape index (κ2) is 6.32. The van der Waals surface area contributed by atoms with Gasteiger partial charge in [-0.2, -0.15) is 0 Å². The van der Waals surface area contributed by atoms with E-state index < -0.39 is 5.97 Å². The Balaban J connectivity index is 0. The molecule has 0 radical (unpaired) electrons. The molecule has 1 aromatic rings. The molecular weight excluding hydrogens is 254 g/mol. The van der Waals surface area contributed by atoms with Gasteiger partial charge in [0.25, 0.3) is 0 Å². The van der Waals surface area contributed by atoms with E-state index in [1.54, 1.807) is 0 Å². The van der Waals surface area contributed by atoms with Crippen LogP contribution >= 0.6 is 23.2 Å². The number of hydrogen-bond acceptors (Lipinski definition) is 2. The molecule has 0 heterocycles. The number of carbonyl (C=O) groups is 1. The molecule has 72 valence electrons. The fourth-order valence-electron chi connectivity index (χ4n) is 0.932. The Labute approximate surface area is 135 Å². The van der Waals surface area contributed by atoms with Crippen molar-refractivity contribution in [1.29, 1.82) is 0 Å². The van der Waals surface area contributed by atoms with Crippen molar-refractivity contribution in [2.75, 3.05) is 7.11 Å². The molecule has 0 bridgehead atoms. The molecule has 0 unspecified atom stereocenters. The van der Waals surface area contributed by atoms with Crippen molar-refractivity contribution in [3.8, 4) is 5.75 Å². The van der Waals surface area contributed by atoms with Crippen LogP contribution in [-0.4, -0.2) is 18.2 Å². The first-order valence-electron chi connectivity index (χ1n) is 3.33. The van der Waals surface area contributed by atoms with Crippen LogP contribution < -0.4 is 56.1 Å². The fourth-order valence-corrected chi connectivity index (χ4v) is 1.40. The van der Waals surface area contributed by atoms with E-state index in [4.69, 9.17) is 33.0 Å². The standard InChI is InChI=1S/C8H6Cl2O3.K.H/c1-13-7-5(10)3-2-4(9)6(7)8(11)12;;/h2-3H,1H3,(H,11,12);;/q;+1;-1. The zero-order valence-electron chi connectivity index (χ0n) is 8.67. The molecule has 1 rings (SSSR count). The SMILES string of the molecule is COc1c(Cl)ccc(Cl)c1C(=O)O.[H-].[K+]. The van der Waals surface area contributed by atoms with Gasteiger partial charge in [-0.3, -0.25) is 0 Å². The minimum atomic E-state index is -1.16. The van der Waals surface area contributed by atoms with Crippen molar-refractivity contribution in [2.45, 2.75) is 0 Å². The number of methoxy groups -OCH3 is 1. The van der Waals surface area contributed by atoms with Crippen LogP contribution in [0.4, 0.5) is 0 Å². The Morgan fingerprint density at radius 2 is 1.93 bits per heavy atom. The molecule has 0 atom stereocenters. The molecule has 0 aromatic heterocycles. The molecule has 0 aliphatic heterocycles. The van der Waals surface area contributed by atoms with Gasteiger partial charge in [0.1, 0.15) is 5.56 Å². The van der Waals surface area contributed by atoms with Crippen molar-refractivity contribution in [3.63, 3.8) is 0 Å². The van der Waals surface area contributed by atoms with Crippen LogP contribution in [0, 0.1) is 0 Å². The maximum absolute atomic E-state index is 10.7. The molecule has 0 aliphatic carbocycles. The Bertz CT molecular complexity index is 360. The first-order chi connectivity index (χ1) is 6.07. The van der Waals surface area contributed by atoms with Gasteiger partial charge >= 0.3 is 57.4 Å². The fraction of sp³-hybridized carbons (Fsp3) is 0.125. The van der Waals surface area contributed by atoms with Crippen LogP contribution in [0.5, 0.6) is 5.75 Å². The average molecular weight is 261 g/mol. The molecule has 0 saturated heterocycles. The van der Waals surface area contributed by atoms with E-state index in [1.165, 1.54) is 19.2 Å². The zero-order chi connectivity index (χ0) is 10.0. The number of benzene rings is 1. The molecular formula is C8H7Cl2KO3. The Morgan fingerprint density at radius 1 is 1.43 bits per heavy atom. The van der Waals surface area contributed by atoms with Gasteiger partial charge < -0.3 is 11.3 Å². The van der Waals surface area contributed by atoms with Crippen LogP contribution in [0.2, 0.25) is 10.0 Å². The summed E-state index contributed by atoms with van der Waals surface area (Å²) in [6.07, 6.45) is 0. The van der Waals surface area contributed by atoms with Gasteiger partial charge in [-0.25, -0.2) is 4.79 Å². The summed E-state index contributed by atoms with van der Waals surface area (Å²) in [4.78, 5) is 10.7. The number of carboxylic acid groups (broad SMARTS) is 1. The summed E-state index contributed by atoms with van der Waals surface area (Å²) >= 11 is 11.4. The molecule has 0 aliphatic rings. The van der Waals surface area contributed by atoms with Crippen LogP contribution in [-0.2, 0) is 0 Å². The molecule has 6 heteroatoms. The molecule has 0 spiro atoms. The van der Waals surface area contributed by atoms with E-state index in [0.717, 1.165) is 0 Å². The topological polar surface area (TPSA) is 46.5 Å². The van der Waals surface area contributed by atoms with E-state index in [-0.39, 0.29) is 74.2 Å². The molecule has 0 amide bonds. The predicted molar refractivity (Wildman–Crippen MR) is 51.1 cm³/mol. The zero-order valence-corrected chi connectivity index (χ0v) is 12.3. The molecule has 14 heavy (non-hydrogen) atoms. The Hall–Kier alpha value is 0.706. The normalized spacial score (nSPS) is 9.07. The van der Waals surface area contributed by atoms with E-state index in [0.29, 0.717) is 0 Å². The third-order valence-corrected chi connectivity index (χ3v) is 2.09. The molecule has 0 saturated carbocycles. The van der Waals surface area contributed by atoms with Crippen molar-refractivity contribution in [3.05, 3.63) is 27.7 Å². The van der Waals surface area contributed by atoms with Crippen LogP contribution in [0.1, 0.15) is 11.8 Å². The van der Waals surface area contributed by atoms with Gasteiger partial charge in [0.15, 0.2) is 5.75 Å². The van der Waals surface area contributed by atoms with Crippen LogP contribution in [0.3, 0.4) is 0 Å². The molecule has 0 fully saturated rings.